The number of hydrogen-bond acceptors (Lipinski definition) is 1. The number of quaternary nitrogens is 2. The van der Waals surface area contributed by atoms with Gasteiger partial charge in [-0.3, -0.25) is 0 Å². The Kier molecular flexibility index (Phi) is 41.9. The van der Waals surface area contributed by atoms with E-state index in [0.717, 1.165) is 0 Å². The highest BCUT2D eigenvalue weighted by molar-refractivity contribution is 7.78. The quantitative estimate of drug-likeness (QED) is 0.0615. The number of hydrogen-bond donors (Lipinski definition) is 0. The van der Waals surface area contributed by atoms with Crippen molar-refractivity contribution >= 4 is 17.4 Å². The van der Waals surface area contributed by atoms with Crippen molar-refractivity contribution in [3.05, 3.63) is 5.41 Å². The molecule has 38 heavy (non-hydrogen) atoms. The van der Waals surface area contributed by atoms with Gasteiger partial charge in [0.25, 0.3) is 0 Å². The van der Waals surface area contributed by atoms with Crippen LogP contribution < -0.4 is 17.0 Å². The number of rotatable bonds is 24. The molecular formula is C33H72BrN3S. The molecule has 0 N–H and O–H groups in total. The van der Waals surface area contributed by atoms with Crippen molar-refractivity contribution < 1.29 is 25.9 Å². The molecule has 0 amide bonds. The average molecular weight is 623 g/mol. The van der Waals surface area contributed by atoms with E-state index in [1.165, 1.54) is 169 Å². The smallest absolute Gasteiger partial charge is 0.0786 e. The molecule has 0 saturated carbocycles. The summed E-state index contributed by atoms with van der Waals surface area (Å²) in [7, 11) is 0. The van der Waals surface area contributed by atoms with E-state index in [9.17, 15) is 0 Å². The van der Waals surface area contributed by atoms with Crippen molar-refractivity contribution in [1.82, 2.24) is 0 Å². The molecule has 0 atom stereocenters. The van der Waals surface area contributed by atoms with Gasteiger partial charge >= 0.3 is 0 Å². The van der Waals surface area contributed by atoms with E-state index in [2.05, 4.69) is 67.6 Å². The van der Waals surface area contributed by atoms with Crippen LogP contribution in [0.2, 0.25) is 0 Å². The molecule has 0 aliphatic carbocycles. The Bertz CT molecular complexity index is 356. The molecule has 232 valence electrons. The molecule has 0 radical (unpaired) electrons. The van der Waals surface area contributed by atoms with E-state index in [-0.39, 0.29) is 17.0 Å². The lowest BCUT2D eigenvalue weighted by atomic mass is 10.1. The van der Waals surface area contributed by atoms with Crippen LogP contribution in [0.3, 0.4) is 0 Å². The second-order valence-corrected chi connectivity index (χ2v) is 11.6. The Morgan fingerprint density at radius 1 is 0.395 bits per heavy atom. The van der Waals surface area contributed by atoms with Gasteiger partial charge in [0.2, 0.25) is 0 Å². The van der Waals surface area contributed by atoms with Crippen molar-refractivity contribution in [2.24, 2.45) is 0 Å². The van der Waals surface area contributed by atoms with Crippen molar-refractivity contribution in [3.63, 3.8) is 0 Å². The minimum Gasteiger partial charge on any atom is -1.00 e. The Hall–Kier alpha value is 0.200. The molecular weight excluding hydrogens is 550 g/mol. The highest BCUT2D eigenvalue weighted by atomic mass is 79.9. The van der Waals surface area contributed by atoms with E-state index in [0.29, 0.717) is 0 Å². The molecule has 0 heterocycles. The average Bonchev–Trinajstić information content (AvgIpc) is 2.92. The van der Waals surface area contributed by atoms with Gasteiger partial charge in [-0.1, -0.05) is 119 Å². The summed E-state index contributed by atoms with van der Waals surface area (Å²) in [6.45, 7) is 30.0. The third-order valence-electron chi connectivity index (χ3n) is 7.89. The topological polar surface area (TPSA) is 22.3 Å². The van der Waals surface area contributed by atoms with Gasteiger partial charge in [-0.05, 0) is 51.4 Å². The maximum absolute atomic E-state index is 7.13. The standard InChI is InChI=1S/2C16H36N.CNS.BrH/c2*1-5-9-13-17(14-10-6-2,15-11-7-3)16-12-8-4;2-1-3;/h2*5-16H2,1-4H3;;1H/q2*+1;-1;/p-1. The van der Waals surface area contributed by atoms with Crippen LogP contribution in [0.15, 0.2) is 0 Å². The van der Waals surface area contributed by atoms with Gasteiger partial charge in [-0.15, -0.1) is 0 Å². The zero-order valence-corrected chi connectivity index (χ0v) is 30.0. The van der Waals surface area contributed by atoms with Gasteiger partial charge in [0, 0.05) is 0 Å². The molecule has 0 fully saturated rings. The number of thiocarbonyl (C=S) groups is 1. The van der Waals surface area contributed by atoms with Crippen LogP contribution in [0.5, 0.6) is 0 Å². The molecule has 3 nitrogen and oxygen atoms in total. The highest BCUT2D eigenvalue weighted by Crippen LogP contribution is 2.17. The summed E-state index contributed by atoms with van der Waals surface area (Å²) < 4.78 is 2.84. The fraction of sp³-hybridized carbons (Fsp3) is 0.970. The Morgan fingerprint density at radius 3 is 0.579 bits per heavy atom. The molecule has 0 aromatic rings. The third-order valence-corrected chi connectivity index (χ3v) is 7.89. The largest absolute Gasteiger partial charge is 1.00 e. The Morgan fingerprint density at radius 2 is 0.500 bits per heavy atom. The predicted octanol–water partition coefficient (Wildman–Crippen LogP) is 7.67. The summed E-state index contributed by atoms with van der Waals surface area (Å²) in [5.41, 5.74) is 0. The maximum atomic E-state index is 7.13. The van der Waals surface area contributed by atoms with Gasteiger partial charge < -0.3 is 31.4 Å². The van der Waals surface area contributed by atoms with E-state index < -0.39 is 0 Å². The Balaban J connectivity index is -0.000000269. The first-order valence-electron chi connectivity index (χ1n) is 16.6. The molecule has 0 bridgehead atoms. The van der Waals surface area contributed by atoms with Crippen molar-refractivity contribution in [2.45, 2.75) is 158 Å². The first-order chi connectivity index (χ1) is 17.9. The van der Waals surface area contributed by atoms with Crippen LogP contribution in [0.4, 0.5) is 0 Å². The van der Waals surface area contributed by atoms with Gasteiger partial charge in [-0.25, -0.2) is 0 Å². The molecule has 0 saturated heterocycles. The van der Waals surface area contributed by atoms with Crippen LogP contribution in [0, 0.1) is 0 Å². The van der Waals surface area contributed by atoms with Gasteiger partial charge in [0.05, 0.1) is 52.4 Å². The maximum Gasteiger partial charge on any atom is 0.0786 e. The second kappa shape index (κ2) is 35.2. The SMILES string of the molecule is CCCC[N+](CCCC)(CCCC)CCCC.CCCC[N+](CCCC)(CCCC)CCCC.[Br-].[N-]=C=S. The van der Waals surface area contributed by atoms with Gasteiger partial charge in [-0.2, -0.15) is 5.16 Å². The first-order valence-corrected chi connectivity index (χ1v) is 17.0. The summed E-state index contributed by atoms with van der Waals surface area (Å²) in [5.74, 6) is 0. The third kappa shape index (κ3) is 27.8. The monoisotopic (exact) mass is 621 g/mol. The van der Waals surface area contributed by atoms with E-state index >= 15 is 0 Å². The predicted molar refractivity (Wildman–Crippen MR) is 175 cm³/mol. The fourth-order valence-electron chi connectivity index (χ4n) is 5.29. The van der Waals surface area contributed by atoms with Crippen molar-refractivity contribution in [2.75, 3.05) is 52.4 Å². The Labute approximate surface area is 258 Å². The minimum absolute atomic E-state index is 0. The van der Waals surface area contributed by atoms with Crippen LogP contribution >= 0.6 is 12.2 Å². The number of halogens is 1. The molecule has 0 aromatic heterocycles. The normalized spacial score (nSPS) is 10.9. The lowest BCUT2D eigenvalue weighted by molar-refractivity contribution is -0.929. The van der Waals surface area contributed by atoms with E-state index in [4.69, 9.17) is 5.41 Å². The van der Waals surface area contributed by atoms with Crippen LogP contribution in [-0.2, 0) is 0 Å². The summed E-state index contributed by atoms with van der Waals surface area (Å²) >= 11 is 3.70. The highest BCUT2D eigenvalue weighted by Gasteiger charge is 2.25. The molecule has 5 heteroatoms. The number of unbranched alkanes of at least 4 members (excludes halogenated alkanes) is 8. The number of nitrogens with zero attached hydrogens (tertiary/aromatic N) is 3. The van der Waals surface area contributed by atoms with Crippen LogP contribution in [0.1, 0.15) is 158 Å². The molecule has 0 rings (SSSR count). The fourth-order valence-corrected chi connectivity index (χ4v) is 5.29. The second-order valence-electron chi connectivity index (χ2n) is 11.4. The lowest BCUT2D eigenvalue weighted by Gasteiger charge is -2.39. The van der Waals surface area contributed by atoms with Crippen LogP contribution in [-0.4, -0.2) is 66.5 Å². The zero-order chi connectivity index (χ0) is 28.7. The lowest BCUT2D eigenvalue weighted by Crippen LogP contribution is -3.00. The first kappa shape index (κ1) is 45.2. The zero-order valence-electron chi connectivity index (χ0n) is 27.6. The summed E-state index contributed by atoms with van der Waals surface area (Å²) in [6.07, 6.45) is 22.1. The molecule has 0 aliphatic heterocycles. The molecule has 0 aromatic carbocycles. The van der Waals surface area contributed by atoms with Gasteiger partial charge in [0.1, 0.15) is 0 Å². The molecule has 0 aliphatic rings. The van der Waals surface area contributed by atoms with Crippen molar-refractivity contribution in [1.29, 1.82) is 0 Å². The molecule has 0 unspecified atom stereocenters. The van der Waals surface area contributed by atoms with E-state index in [1.54, 1.807) is 0 Å². The summed E-state index contributed by atoms with van der Waals surface area (Å²) in [5, 5.41) is 8.47. The summed E-state index contributed by atoms with van der Waals surface area (Å²) in [6, 6.07) is 0. The molecule has 0 spiro atoms. The van der Waals surface area contributed by atoms with E-state index in [1.807, 2.05) is 0 Å². The van der Waals surface area contributed by atoms with Crippen LogP contribution in [0.25, 0.3) is 5.41 Å². The number of isothiocyanates is 1. The van der Waals surface area contributed by atoms with Gasteiger partial charge in [0.15, 0.2) is 0 Å². The summed E-state index contributed by atoms with van der Waals surface area (Å²) in [4.78, 5) is 0. The minimum atomic E-state index is 0. The van der Waals surface area contributed by atoms with Crippen molar-refractivity contribution in [3.8, 4) is 0 Å².